The fraction of sp³-hybridized carbons (Fsp3) is 0.133. The summed E-state index contributed by atoms with van der Waals surface area (Å²) in [7, 11) is 0. The second-order valence-electron chi connectivity index (χ2n) is 5.03. The van der Waals surface area contributed by atoms with Crippen LogP contribution in [0.1, 0.15) is 5.82 Å². The number of nitrogens with zero attached hydrogens (tertiary/aromatic N) is 4. The van der Waals surface area contributed by atoms with Gasteiger partial charge in [0.2, 0.25) is 10.7 Å². The van der Waals surface area contributed by atoms with Gasteiger partial charge in [0.05, 0.1) is 5.69 Å². The van der Waals surface area contributed by atoms with Crippen molar-refractivity contribution in [1.29, 1.82) is 0 Å². The molecule has 0 spiro atoms. The molecule has 1 aromatic carbocycles. The van der Waals surface area contributed by atoms with Crippen LogP contribution >= 0.6 is 28.1 Å². The lowest BCUT2D eigenvalue weighted by Gasteiger charge is -2.07. The second kappa shape index (κ2) is 6.70. The molecule has 1 amide bonds. The average molecular weight is 410 g/mol. The minimum absolute atomic E-state index is 0.108. The van der Waals surface area contributed by atoms with Crippen molar-refractivity contribution in [3.05, 3.63) is 63.6 Å². The minimum atomic E-state index is -0.518. The summed E-state index contributed by atoms with van der Waals surface area (Å²) in [6.07, 6.45) is 3.65. The van der Waals surface area contributed by atoms with Crippen LogP contribution in [0.2, 0.25) is 0 Å². The lowest BCUT2D eigenvalue weighted by atomic mass is 10.3. The molecule has 1 N–H and O–H groups in total. The quantitative estimate of drug-likeness (QED) is 0.671. The third kappa shape index (κ3) is 3.31. The summed E-state index contributed by atoms with van der Waals surface area (Å²) in [6.45, 7) is 1.68. The summed E-state index contributed by atoms with van der Waals surface area (Å²) >= 11 is 8.54. The fourth-order valence-electron chi connectivity index (χ4n) is 2.25. The Morgan fingerprint density at radius 2 is 2.08 bits per heavy atom. The number of anilines is 1. The van der Waals surface area contributed by atoms with Crippen molar-refractivity contribution in [2.45, 2.75) is 13.5 Å². The van der Waals surface area contributed by atoms with Crippen molar-refractivity contribution in [2.24, 2.45) is 0 Å². The summed E-state index contributed by atoms with van der Waals surface area (Å²) in [5.41, 5.74) is 0.108. The topological polar surface area (TPSA) is 56.8 Å². The van der Waals surface area contributed by atoms with Crippen LogP contribution in [0.25, 0.3) is 0 Å². The van der Waals surface area contributed by atoms with E-state index >= 15 is 0 Å². The molecule has 2 aromatic heterocycles. The van der Waals surface area contributed by atoms with E-state index in [1.807, 2.05) is 24.5 Å². The maximum atomic E-state index is 13.8. The first kappa shape index (κ1) is 16.6. The van der Waals surface area contributed by atoms with Crippen LogP contribution < -0.4 is 5.32 Å². The average Bonchev–Trinajstić information content (AvgIpc) is 3.11. The number of carbonyl (C=O) groups excluding carboxylic acids is 1. The van der Waals surface area contributed by atoms with Crippen molar-refractivity contribution >= 4 is 39.7 Å². The summed E-state index contributed by atoms with van der Waals surface area (Å²) < 4.78 is 19.6. The van der Waals surface area contributed by atoms with E-state index in [1.54, 1.807) is 22.3 Å². The number of hydrogen-bond acceptors (Lipinski definition) is 3. The number of rotatable bonds is 4. The Hall–Kier alpha value is -2.26. The van der Waals surface area contributed by atoms with Crippen LogP contribution in [0.3, 0.4) is 0 Å². The smallest absolute Gasteiger partial charge is 0.246 e. The van der Waals surface area contributed by atoms with Crippen LogP contribution in [0.5, 0.6) is 0 Å². The summed E-state index contributed by atoms with van der Waals surface area (Å²) in [5.74, 6) is -0.293. The molecule has 0 aliphatic carbocycles. The maximum Gasteiger partial charge on any atom is 0.246 e. The molecule has 0 bridgehead atoms. The molecule has 124 valence electrons. The highest BCUT2D eigenvalue weighted by Gasteiger charge is 2.13. The predicted molar refractivity (Wildman–Crippen MR) is 93.7 cm³/mol. The standard InChI is InChI=1S/C15H13BrFN5OS/c1-10-19-21(15(24)22(10)20-6-2-3-7-20)9-14(23)18-13-5-4-11(16)8-12(13)17/h2-8H,9H2,1H3,(H,18,23). The highest BCUT2D eigenvalue weighted by atomic mass is 79.9. The summed E-state index contributed by atoms with van der Waals surface area (Å²) in [6, 6.07) is 8.14. The molecule has 0 unspecified atom stereocenters. The Morgan fingerprint density at radius 3 is 2.75 bits per heavy atom. The Labute approximate surface area is 150 Å². The van der Waals surface area contributed by atoms with Crippen molar-refractivity contribution < 1.29 is 9.18 Å². The van der Waals surface area contributed by atoms with Gasteiger partial charge in [0.15, 0.2) is 0 Å². The molecular weight excluding hydrogens is 397 g/mol. The van der Waals surface area contributed by atoms with E-state index in [1.165, 1.54) is 16.8 Å². The van der Waals surface area contributed by atoms with E-state index in [9.17, 15) is 9.18 Å². The Kier molecular flexibility index (Phi) is 4.63. The molecule has 0 aliphatic heterocycles. The molecular formula is C15H13BrFN5OS. The van der Waals surface area contributed by atoms with Gasteiger partial charge in [-0.1, -0.05) is 15.9 Å². The first-order valence-corrected chi connectivity index (χ1v) is 8.21. The lowest BCUT2D eigenvalue weighted by Crippen LogP contribution is -2.20. The number of nitrogens with one attached hydrogen (secondary N) is 1. The third-order valence-electron chi connectivity index (χ3n) is 3.29. The molecule has 3 rings (SSSR count). The van der Waals surface area contributed by atoms with Crippen molar-refractivity contribution in [1.82, 2.24) is 19.1 Å². The number of hydrogen-bond donors (Lipinski definition) is 1. The third-order valence-corrected chi connectivity index (χ3v) is 4.17. The summed E-state index contributed by atoms with van der Waals surface area (Å²) in [4.78, 5) is 12.2. The van der Waals surface area contributed by atoms with Gasteiger partial charge in [0.25, 0.3) is 0 Å². The molecule has 0 saturated carbocycles. The molecule has 24 heavy (non-hydrogen) atoms. The van der Waals surface area contributed by atoms with Crippen LogP contribution in [-0.2, 0) is 11.3 Å². The first-order chi connectivity index (χ1) is 11.5. The van der Waals surface area contributed by atoms with Gasteiger partial charge in [-0.15, -0.1) is 0 Å². The van der Waals surface area contributed by atoms with Gasteiger partial charge in [0, 0.05) is 16.9 Å². The molecule has 0 atom stereocenters. The highest BCUT2D eigenvalue weighted by Crippen LogP contribution is 2.19. The zero-order valence-corrected chi connectivity index (χ0v) is 15.0. The highest BCUT2D eigenvalue weighted by molar-refractivity contribution is 9.10. The van der Waals surface area contributed by atoms with Crippen LogP contribution in [-0.4, -0.2) is 25.0 Å². The molecule has 6 nitrogen and oxygen atoms in total. The van der Waals surface area contributed by atoms with Crippen LogP contribution in [0.4, 0.5) is 10.1 Å². The number of amides is 1. The largest absolute Gasteiger partial charge is 0.322 e. The van der Waals surface area contributed by atoms with Gasteiger partial charge in [-0.2, -0.15) is 5.10 Å². The van der Waals surface area contributed by atoms with Gasteiger partial charge < -0.3 is 5.32 Å². The maximum absolute atomic E-state index is 13.8. The SMILES string of the molecule is Cc1nn(CC(=O)Nc2ccc(Br)cc2F)c(=S)n1-n1cccc1. The van der Waals surface area contributed by atoms with Gasteiger partial charge in [-0.3, -0.25) is 9.47 Å². The Bertz CT molecular complexity index is 947. The second-order valence-corrected chi connectivity index (χ2v) is 6.32. The first-order valence-electron chi connectivity index (χ1n) is 7.00. The normalized spacial score (nSPS) is 10.8. The van der Waals surface area contributed by atoms with Crippen LogP contribution in [0.15, 0.2) is 47.2 Å². The zero-order valence-electron chi connectivity index (χ0n) is 12.6. The Balaban J connectivity index is 1.80. The van der Waals surface area contributed by atoms with Crippen LogP contribution in [0, 0.1) is 17.5 Å². The number of aromatic nitrogens is 4. The number of benzene rings is 1. The molecule has 0 saturated heterocycles. The fourth-order valence-corrected chi connectivity index (χ4v) is 2.92. The molecule has 0 aliphatic rings. The van der Waals surface area contributed by atoms with Gasteiger partial charge >= 0.3 is 0 Å². The number of carbonyl (C=O) groups is 1. The van der Waals surface area contributed by atoms with E-state index in [4.69, 9.17) is 12.2 Å². The van der Waals surface area contributed by atoms with Crippen molar-refractivity contribution in [3.63, 3.8) is 0 Å². The number of aryl methyl sites for hydroxylation is 1. The summed E-state index contributed by atoms with van der Waals surface area (Å²) in [5, 5.41) is 6.80. The monoisotopic (exact) mass is 409 g/mol. The zero-order chi connectivity index (χ0) is 17.3. The molecule has 0 fully saturated rings. The van der Waals surface area contributed by atoms with Gasteiger partial charge in [0.1, 0.15) is 18.2 Å². The molecule has 2 heterocycles. The molecule has 3 aromatic rings. The Morgan fingerprint density at radius 1 is 1.38 bits per heavy atom. The van der Waals surface area contributed by atoms with Crippen molar-refractivity contribution in [2.75, 3.05) is 5.32 Å². The predicted octanol–water partition coefficient (Wildman–Crippen LogP) is 3.38. The molecule has 0 radical (unpaired) electrons. The van der Waals surface area contributed by atoms with E-state index in [0.29, 0.717) is 15.1 Å². The molecule has 9 heteroatoms. The lowest BCUT2D eigenvalue weighted by molar-refractivity contribution is -0.117. The van der Waals surface area contributed by atoms with E-state index in [2.05, 4.69) is 26.3 Å². The van der Waals surface area contributed by atoms with Gasteiger partial charge in [-0.25, -0.2) is 13.7 Å². The van der Waals surface area contributed by atoms with Gasteiger partial charge in [-0.05, 0) is 49.5 Å². The van der Waals surface area contributed by atoms with Crippen molar-refractivity contribution in [3.8, 4) is 0 Å². The van der Waals surface area contributed by atoms with E-state index in [-0.39, 0.29) is 12.2 Å². The van der Waals surface area contributed by atoms with E-state index < -0.39 is 11.7 Å². The minimum Gasteiger partial charge on any atom is -0.322 e. The number of halogens is 2. The van der Waals surface area contributed by atoms with E-state index in [0.717, 1.165) is 0 Å².